The van der Waals surface area contributed by atoms with Crippen LogP contribution in [0.15, 0.2) is 57.8 Å². The Kier molecular flexibility index (Phi) is 6.01. The minimum absolute atomic E-state index is 0.189. The van der Waals surface area contributed by atoms with Crippen molar-refractivity contribution in [2.24, 2.45) is 0 Å². The van der Waals surface area contributed by atoms with E-state index in [1.54, 1.807) is 42.5 Å². The number of hydrogen-bond donors (Lipinski definition) is 1. The number of thioether (sulfide) groups is 1. The molecule has 3 aromatic rings. The Bertz CT molecular complexity index is 1100. The summed E-state index contributed by atoms with van der Waals surface area (Å²) in [5.74, 6) is -0.383. The van der Waals surface area contributed by atoms with Crippen LogP contribution in [0.25, 0.3) is 0 Å². The highest BCUT2D eigenvalue weighted by Crippen LogP contribution is 2.25. The topological polar surface area (TPSA) is 92.3 Å². The first-order valence-corrected chi connectivity index (χ1v) is 11.6. The normalized spacial score (nSPS) is 11.2. The van der Waals surface area contributed by atoms with Crippen molar-refractivity contribution in [1.29, 1.82) is 0 Å². The molecule has 0 unspecified atom stereocenters. The maximum absolute atomic E-state index is 12.9. The summed E-state index contributed by atoms with van der Waals surface area (Å²) in [7, 11) is -2.27. The van der Waals surface area contributed by atoms with Crippen LogP contribution in [-0.2, 0) is 10.0 Å². The molecule has 0 radical (unpaired) electrons. The number of anilines is 2. The van der Waals surface area contributed by atoms with Crippen LogP contribution in [0.5, 0.6) is 0 Å². The quantitative estimate of drug-likeness (QED) is 0.470. The van der Waals surface area contributed by atoms with E-state index >= 15 is 0 Å². The highest BCUT2D eigenvalue weighted by molar-refractivity contribution is 8.00. The van der Waals surface area contributed by atoms with Crippen molar-refractivity contribution in [3.05, 3.63) is 59.7 Å². The Morgan fingerprint density at radius 2 is 1.86 bits per heavy atom. The number of aryl methyl sites for hydroxylation is 1. The molecule has 0 fully saturated rings. The van der Waals surface area contributed by atoms with Crippen LogP contribution >= 0.6 is 23.1 Å². The largest absolute Gasteiger partial charge is 0.296 e. The summed E-state index contributed by atoms with van der Waals surface area (Å²) in [6.45, 7) is 1.89. The fraction of sp³-hybridized carbons (Fsp3) is 0.167. The van der Waals surface area contributed by atoms with Crippen molar-refractivity contribution in [3.63, 3.8) is 0 Å². The molecular formula is C18H18N4O3S3. The fourth-order valence-corrected chi connectivity index (χ4v) is 4.71. The van der Waals surface area contributed by atoms with E-state index in [4.69, 9.17) is 0 Å². The Balaban J connectivity index is 1.83. The van der Waals surface area contributed by atoms with Crippen LogP contribution in [0.1, 0.15) is 15.9 Å². The molecule has 0 aliphatic heterocycles. The summed E-state index contributed by atoms with van der Waals surface area (Å²) in [5, 5.41) is 10.9. The van der Waals surface area contributed by atoms with E-state index in [1.807, 2.05) is 13.2 Å². The summed E-state index contributed by atoms with van der Waals surface area (Å²) in [6, 6.07) is 13.0. The molecule has 0 aliphatic rings. The highest BCUT2D eigenvalue weighted by atomic mass is 32.2. The number of aromatic nitrogens is 2. The van der Waals surface area contributed by atoms with E-state index in [0.29, 0.717) is 16.4 Å². The van der Waals surface area contributed by atoms with Crippen molar-refractivity contribution in [2.45, 2.75) is 16.2 Å². The number of carbonyl (C=O) groups is 1. The first-order chi connectivity index (χ1) is 13.3. The van der Waals surface area contributed by atoms with Gasteiger partial charge in [-0.3, -0.25) is 14.4 Å². The SMILES string of the molecule is CSc1nnc(NC(=O)c2cccc(N(C)S(=O)(=O)c3ccc(C)cc3)c2)s1. The molecule has 1 N–H and O–H groups in total. The number of nitrogens with one attached hydrogen (secondary N) is 1. The van der Waals surface area contributed by atoms with Gasteiger partial charge in [-0.1, -0.05) is 46.9 Å². The number of rotatable bonds is 6. The van der Waals surface area contributed by atoms with Crippen LogP contribution in [-0.4, -0.2) is 37.8 Å². The zero-order chi connectivity index (χ0) is 20.3. The lowest BCUT2D eigenvalue weighted by molar-refractivity contribution is 0.102. The van der Waals surface area contributed by atoms with Crippen LogP contribution in [0.3, 0.4) is 0 Å². The molecule has 1 aromatic heterocycles. The van der Waals surface area contributed by atoms with Gasteiger partial charge in [0.15, 0.2) is 4.34 Å². The lowest BCUT2D eigenvalue weighted by atomic mass is 10.2. The molecule has 0 saturated heterocycles. The predicted molar refractivity (Wildman–Crippen MR) is 113 cm³/mol. The van der Waals surface area contributed by atoms with Crippen LogP contribution in [0, 0.1) is 6.92 Å². The molecule has 10 heteroatoms. The first kappa shape index (κ1) is 20.3. The molecular weight excluding hydrogens is 416 g/mol. The third kappa shape index (κ3) is 4.34. The van der Waals surface area contributed by atoms with E-state index in [1.165, 1.54) is 36.2 Å². The van der Waals surface area contributed by atoms with Gasteiger partial charge in [-0.15, -0.1) is 10.2 Å². The number of carbonyl (C=O) groups excluding carboxylic acids is 1. The standard InChI is InChI=1S/C18H18N4O3S3/c1-12-7-9-15(10-8-12)28(24,25)22(2)14-6-4-5-13(11-14)16(23)19-17-20-21-18(26-3)27-17/h4-11H,1-3H3,(H,19,20,23). The third-order valence-electron chi connectivity index (χ3n) is 3.95. The molecule has 2 aromatic carbocycles. The van der Waals surface area contributed by atoms with Crippen molar-refractivity contribution in [3.8, 4) is 0 Å². The van der Waals surface area contributed by atoms with Gasteiger partial charge >= 0.3 is 0 Å². The van der Waals surface area contributed by atoms with Crippen LogP contribution in [0.2, 0.25) is 0 Å². The second kappa shape index (κ2) is 8.29. The van der Waals surface area contributed by atoms with Gasteiger partial charge in [0, 0.05) is 12.6 Å². The Morgan fingerprint density at radius 3 is 2.50 bits per heavy atom. The zero-order valence-electron chi connectivity index (χ0n) is 15.4. The highest BCUT2D eigenvalue weighted by Gasteiger charge is 2.22. The van der Waals surface area contributed by atoms with Crippen LogP contribution < -0.4 is 9.62 Å². The van der Waals surface area contributed by atoms with Gasteiger partial charge in [-0.2, -0.15) is 0 Å². The van der Waals surface area contributed by atoms with E-state index in [9.17, 15) is 13.2 Å². The number of sulfonamides is 1. The molecule has 0 spiro atoms. The van der Waals surface area contributed by atoms with Gasteiger partial charge in [0.05, 0.1) is 10.6 Å². The Labute approximate surface area is 171 Å². The summed E-state index contributed by atoms with van der Waals surface area (Å²) < 4.78 is 27.6. The summed E-state index contributed by atoms with van der Waals surface area (Å²) >= 11 is 2.71. The van der Waals surface area contributed by atoms with Gasteiger partial charge in [-0.25, -0.2) is 8.42 Å². The smallest absolute Gasteiger partial charge is 0.264 e. The van der Waals surface area contributed by atoms with E-state index in [2.05, 4.69) is 15.5 Å². The Hall–Kier alpha value is -2.43. The predicted octanol–water partition coefficient (Wildman–Crippen LogP) is 3.65. The van der Waals surface area contributed by atoms with Gasteiger partial charge in [0.1, 0.15) is 0 Å². The van der Waals surface area contributed by atoms with Crippen LogP contribution in [0.4, 0.5) is 10.8 Å². The monoisotopic (exact) mass is 434 g/mol. The molecule has 28 heavy (non-hydrogen) atoms. The molecule has 0 atom stereocenters. The molecule has 7 nitrogen and oxygen atoms in total. The second-order valence-electron chi connectivity index (χ2n) is 5.87. The Morgan fingerprint density at radius 1 is 1.14 bits per heavy atom. The molecule has 1 heterocycles. The molecule has 146 valence electrons. The second-order valence-corrected chi connectivity index (χ2v) is 9.87. The van der Waals surface area contributed by atoms with Crippen molar-refractivity contribution >= 4 is 49.8 Å². The van der Waals surface area contributed by atoms with Crippen molar-refractivity contribution in [1.82, 2.24) is 10.2 Å². The fourth-order valence-electron chi connectivity index (χ4n) is 2.36. The van der Waals surface area contributed by atoms with Crippen molar-refractivity contribution < 1.29 is 13.2 Å². The average molecular weight is 435 g/mol. The number of nitrogens with zero attached hydrogens (tertiary/aromatic N) is 3. The number of hydrogen-bond acceptors (Lipinski definition) is 7. The van der Waals surface area contributed by atoms with Gasteiger partial charge in [0.2, 0.25) is 5.13 Å². The molecule has 3 rings (SSSR count). The molecule has 1 amide bonds. The molecule has 0 aliphatic carbocycles. The van der Waals surface area contributed by atoms with E-state index < -0.39 is 10.0 Å². The molecule has 0 saturated carbocycles. The van der Waals surface area contributed by atoms with Gasteiger partial charge in [0.25, 0.3) is 15.9 Å². The third-order valence-corrected chi connectivity index (χ3v) is 7.57. The van der Waals surface area contributed by atoms with E-state index in [0.717, 1.165) is 14.2 Å². The van der Waals surface area contributed by atoms with Gasteiger partial charge < -0.3 is 0 Å². The van der Waals surface area contributed by atoms with Gasteiger partial charge in [-0.05, 0) is 43.5 Å². The summed E-state index contributed by atoms with van der Waals surface area (Å²) in [6.07, 6.45) is 1.87. The van der Waals surface area contributed by atoms with E-state index in [-0.39, 0.29) is 10.8 Å². The molecule has 0 bridgehead atoms. The number of amides is 1. The zero-order valence-corrected chi connectivity index (χ0v) is 17.9. The lowest BCUT2D eigenvalue weighted by Crippen LogP contribution is -2.26. The maximum atomic E-state index is 12.9. The maximum Gasteiger partial charge on any atom is 0.264 e. The number of benzene rings is 2. The lowest BCUT2D eigenvalue weighted by Gasteiger charge is -2.20. The minimum Gasteiger partial charge on any atom is -0.296 e. The minimum atomic E-state index is -3.73. The summed E-state index contributed by atoms with van der Waals surface area (Å²) in [4.78, 5) is 12.7. The summed E-state index contributed by atoms with van der Waals surface area (Å²) in [5.41, 5.74) is 1.68. The first-order valence-electron chi connectivity index (χ1n) is 8.16. The van der Waals surface area contributed by atoms with Crippen molar-refractivity contribution in [2.75, 3.05) is 22.9 Å². The average Bonchev–Trinajstić information content (AvgIpc) is 3.15.